The zero-order chi connectivity index (χ0) is 21.5. The number of hydrogen-bond donors (Lipinski definition) is 2. The Morgan fingerprint density at radius 1 is 1.13 bits per heavy atom. The van der Waals surface area contributed by atoms with Gasteiger partial charge < -0.3 is 15.5 Å². The number of nitrogens with one attached hydrogen (secondary N) is 2. The highest BCUT2D eigenvalue weighted by Crippen LogP contribution is 2.29. The third-order valence-electron chi connectivity index (χ3n) is 6.65. The summed E-state index contributed by atoms with van der Waals surface area (Å²) in [7, 11) is 0. The highest BCUT2D eigenvalue weighted by molar-refractivity contribution is 5.58. The maximum atomic E-state index is 4.68. The Morgan fingerprint density at radius 3 is 2.77 bits per heavy atom. The number of unbranched alkanes of at least 4 members (excludes halogenated alkanes) is 2. The third kappa shape index (κ3) is 6.06. The van der Waals surface area contributed by atoms with E-state index in [4.69, 9.17) is 0 Å². The van der Waals surface area contributed by atoms with Crippen molar-refractivity contribution in [2.45, 2.75) is 58.7 Å². The van der Waals surface area contributed by atoms with Crippen LogP contribution in [0.5, 0.6) is 0 Å². The maximum absolute atomic E-state index is 4.68. The average Bonchev–Trinajstić information content (AvgIpc) is 2.81. The van der Waals surface area contributed by atoms with Gasteiger partial charge in [0.25, 0.3) is 0 Å². The minimum Gasteiger partial charge on any atom is -0.369 e. The number of rotatable bonds is 9. The summed E-state index contributed by atoms with van der Waals surface area (Å²) in [6.45, 7) is 12.9. The summed E-state index contributed by atoms with van der Waals surface area (Å²) >= 11 is 0. The first-order valence-electron chi connectivity index (χ1n) is 12.2. The van der Waals surface area contributed by atoms with Crippen LogP contribution in [0.3, 0.4) is 0 Å². The molecule has 5 heteroatoms. The van der Waals surface area contributed by atoms with Crippen molar-refractivity contribution >= 4 is 5.69 Å². The molecule has 0 aliphatic carbocycles. The Balaban J connectivity index is 1.45. The molecule has 0 bridgehead atoms. The molecule has 2 aliphatic heterocycles. The number of benzene rings is 1. The monoisotopic (exact) mass is 421 g/mol. The van der Waals surface area contributed by atoms with E-state index in [-0.39, 0.29) is 0 Å². The molecule has 0 saturated carbocycles. The number of nitrogens with zero attached hydrogens (tertiary/aromatic N) is 3. The van der Waals surface area contributed by atoms with Gasteiger partial charge in [-0.3, -0.25) is 9.88 Å². The predicted octanol–water partition coefficient (Wildman–Crippen LogP) is 3.51. The van der Waals surface area contributed by atoms with Gasteiger partial charge in [-0.15, -0.1) is 0 Å². The van der Waals surface area contributed by atoms with Crippen molar-refractivity contribution in [1.29, 1.82) is 0 Å². The van der Waals surface area contributed by atoms with Gasteiger partial charge in [0.2, 0.25) is 0 Å². The summed E-state index contributed by atoms with van der Waals surface area (Å²) in [5.41, 5.74) is 6.91. The Labute approximate surface area is 188 Å². The zero-order valence-electron chi connectivity index (χ0n) is 19.4. The van der Waals surface area contributed by atoms with Gasteiger partial charge in [-0.1, -0.05) is 38.0 Å². The minimum atomic E-state index is 0.489. The summed E-state index contributed by atoms with van der Waals surface area (Å²) < 4.78 is 0. The van der Waals surface area contributed by atoms with Crippen LogP contribution >= 0.6 is 0 Å². The van der Waals surface area contributed by atoms with Crippen molar-refractivity contribution in [2.24, 2.45) is 0 Å². The molecule has 0 amide bonds. The summed E-state index contributed by atoms with van der Waals surface area (Å²) in [4.78, 5) is 9.87. The van der Waals surface area contributed by atoms with Crippen LogP contribution in [0.2, 0.25) is 0 Å². The van der Waals surface area contributed by atoms with Gasteiger partial charge in [0.1, 0.15) is 0 Å². The second kappa shape index (κ2) is 11.1. The summed E-state index contributed by atoms with van der Waals surface area (Å²) in [6, 6.07) is 11.7. The number of hydrogen-bond acceptors (Lipinski definition) is 5. The van der Waals surface area contributed by atoms with Crippen LogP contribution in [-0.4, -0.2) is 55.2 Å². The van der Waals surface area contributed by atoms with E-state index in [0.717, 1.165) is 58.8 Å². The van der Waals surface area contributed by atoms with E-state index in [1.54, 1.807) is 5.56 Å². The molecule has 5 nitrogen and oxygen atoms in total. The average molecular weight is 422 g/mol. The van der Waals surface area contributed by atoms with E-state index in [2.05, 4.69) is 69.6 Å². The standard InChI is InChI=1S/C26H39N5/c1-3-4-5-13-30(19-23-10-9-21(2)17-28-23)20-24-16-25-22(18-29-24)7-6-8-26(25)31-14-11-27-12-15-31/h6-10,17,24,27,29H,3-5,11-16,18-20H2,1-2H3/t24-/m1/s1. The molecule has 1 saturated heterocycles. The van der Waals surface area contributed by atoms with Gasteiger partial charge in [-0.2, -0.15) is 0 Å². The second-order valence-electron chi connectivity index (χ2n) is 9.20. The quantitative estimate of drug-likeness (QED) is 0.607. The highest BCUT2D eigenvalue weighted by atomic mass is 15.2. The Kier molecular flexibility index (Phi) is 7.95. The smallest absolute Gasteiger partial charge is 0.0544 e. The van der Waals surface area contributed by atoms with Crippen molar-refractivity contribution in [1.82, 2.24) is 20.5 Å². The Bertz CT molecular complexity index is 813. The zero-order valence-corrected chi connectivity index (χ0v) is 19.4. The molecular weight excluding hydrogens is 382 g/mol. The molecule has 3 heterocycles. The fourth-order valence-electron chi connectivity index (χ4n) is 4.88. The number of anilines is 1. The first-order chi connectivity index (χ1) is 15.2. The molecule has 1 aromatic heterocycles. The second-order valence-corrected chi connectivity index (χ2v) is 9.20. The topological polar surface area (TPSA) is 43.4 Å². The van der Waals surface area contributed by atoms with Gasteiger partial charge >= 0.3 is 0 Å². The van der Waals surface area contributed by atoms with Crippen LogP contribution in [0.25, 0.3) is 0 Å². The first-order valence-corrected chi connectivity index (χ1v) is 12.2. The molecular formula is C26H39N5. The fourth-order valence-corrected chi connectivity index (χ4v) is 4.88. The van der Waals surface area contributed by atoms with Gasteiger partial charge in [-0.25, -0.2) is 0 Å². The molecule has 1 atom stereocenters. The van der Waals surface area contributed by atoms with Gasteiger partial charge in [0.15, 0.2) is 0 Å². The number of aryl methyl sites for hydroxylation is 1. The first kappa shape index (κ1) is 22.3. The molecule has 0 radical (unpaired) electrons. The van der Waals surface area contributed by atoms with Crippen LogP contribution in [0.1, 0.15) is 48.6 Å². The molecule has 2 aromatic rings. The van der Waals surface area contributed by atoms with E-state index in [0.29, 0.717) is 6.04 Å². The molecule has 0 unspecified atom stereocenters. The fraction of sp³-hybridized carbons (Fsp3) is 0.577. The summed E-state index contributed by atoms with van der Waals surface area (Å²) in [5, 5.41) is 7.31. The predicted molar refractivity (Wildman–Crippen MR) is 130 cm³/mol. The van der Waals surface area contributed by atoms with Crippen LogP contribution in [0.15, 0.2) is 36.5 Å². The lowest BCUT2D eigenvalue weighted by Gasteiger charge is -2.36. The normalized spacial score (nSPS) is 18.9. The van der Waals surface area contributed by atoms with Crippen LogP contribution < -0.4 is 15.5 Å². The Hall–Kier alpha value is -1.95. The van der Waals surface area contributed by atoms with Gasteiger partial charge in [0, 0.05) is 63.7 Å². The number of piperazine rings is 1. The minimum absolute atomic E-state index is 0.489. The van der Waals surface area contributed by atoms with Crippen molar-refractivity contribution in [3.05, 3.63) is 58.9 Å². The van der Waals surface area contributed by atoms with Crippen molar-refractivity contribution in [3.8, 4) is 0 Å². The molecule has 2 aliphatic rings. The molecule has 2 N–H and O–H groups in total. The molecule has 31 heavy (non-hydrogen) atoms. The number of aromatic nitrogens is 1. The van der Waals surface area contributed by atoms with Crippen molar-refractivity contribution in [3.63, 3.8) is 0 Å². The molecule has 1 aromatic carbocycles. The summed E-state index contributed by atoms with van der Waals surface area (Å²) in [6.07, 6.45) is 6.93. The van der Waals surface area contributed by atoms with Crippen molar-refractivity contribution in [2.75, 3.05) is 44.2 Å². The molecule has 168 valence electrons. The van der Waals surface area contributed by atoms with E-state index >= 15 is 0 Å². The number of pyridine rings is 1. The summed E-state index contributed by atoms with van der Waals surface area (Å²) in [5.74, 6) is 0. The van der Waals surface area contributed by atoms with Crippen LogP contribution in [0, 0.1) is 6.92 Å². The lowest BCUT2D eigenvalue weighted by molar-refractivity contribution is 0.222. The molecule has 4 rings (SSSR count). The lowest BCUT2D eigenvalue weighted by Crippen LogP contribution is -2.47. The van der Waals surface area contributed by atoms with Crippen LogP contribution in [0.4, 0.5) is 5.69 Å². The Morgan fingerprint density at radius 2 is 2.00 bits per heavy atom. The van der Waals surface area contributed by atoms with E-state index in [1.807, 2.05) is 6.20 Å². The van der Waals surface area contributed by atoms with Gasteiger partial charge in [0.05, 0.1) is 5.69 Å². The third-order valence-corrected chi connectivity index (χ3v) is 6.65. The maximum Gasteiger partial charge on any atom is 0.0544 e. The molecule has 1 fully saturated rings. The SMILES string of the molecule is CCCCCN(Cc1ccc(C)cn1)C[C@H]1Cc2c(cccc2N2CCNCC2)CN1. The number of fused-ring (bicyclic) bond motifs is 1. The van der Waals surface area contributed by atoms with E-state index < -0.39 is 0 Å². The van der Waals surface area contributed by atoms with Gasteiger partial charge in [-0.05, 0) is 55.1 Å². The van der Waals surface area contributed by atoms with E-state index in [1.165, 1.54) is 41.8 Å². The van der Waals surface area contributed by atoms with E-state index in [9.17, 15) is 0 Å². The molecule has 0 spiro atoms. The highest BCUT2D eigenvalue weighted by Gasteiger charge is 2.25. The van der Waals surface area contributed by atoms with Crippen molar-refractivity contribution < 1.29 is 0 Å². The van der Waals surface area contributed by atoms with Crippen LogP contribution in [-0.2, 0) is 19.5 Å². The lowest BCUT2D eigenvalue weighted by atomic mass is 9.93. The largest absolute Gasteiger partial charge is 0.369 e.